The number of aryl methyl sites for hydroxylation is 2. The summed E-state index contributed by atoms with van der Waals surface area (Å²) in [6.45, 7) is 13.3. The van der Waals surface area contributed by atoms with Crippen molar-refractivity contribution in [3.05, 3.63) is 150 Å². The average Bonchev–Trinajstić information content (AvgIpc) is 3.47. The van der Waals surface area contributed by atoms with Gasteiger partial charge in [0.1, 0.15) is 0 Å². The Balaban J connectivity index is 0.000000284. The summed E-state index contributed by atoms with van der Waals surface area (Å²) in [6.07, 6.45) is 3.99. The molecule has 0 spiro atoms. The molecule has 0 saturated carbocycles. The van der Waals surface area contributed by atoms with E-state index in [0.29, 0.717) is 11.8 Å². The minimum Gasteiger partial charge on any atom is -0.339 e. The summed E-state index contributed by atoms with van der Waals surface area (Å²) in [7, 11) is 0. The number of benzene rings is 4. The molecular formula is C40H39IrN3-2. The molecular weight excluding hydrogens is 715 g/mol. The molecule has 0 fully saturated rings. The number of hydrogen-bond acceptors (Lipinski definition) is 2. The first kappa shape index (κ1) is 32.8. The second kappa shape index (κ2) is 15.1. The molecule has 0 N–H and O–H groups in total. The van der Waals surface area contributed by atoms with Gasteiger partial charge >= 0.3 is 0 Å². The first-order chi connectivity index (χ1) is 20.8. The van der Waals surface area contributed by atoms with Crippen LogP contribution < -0.4 is 0 Å². The van der Waals surface area contributed by atoms with Crippen molar-refractivity contribution in [1.82, 2.24) is 14.5 Å². The van der Waals surface area contributed by atoms with Crippen molar-refractivity contribution < 1.29 is 20.1 Å². The van der Waals surface area contributed by atoms with Gasteiger partial charge in [-0.25, -0.2) is 0 Å². The van der Waals surface area contributed by atoms with Crippen molar-refractivity contribution >= 4 is 0 Å². The predicted molar refractivity (Wildman–Crippen MR) is 179 cm³/mol. The number of aromatic nitrogens is 3. The number of pyridine rings is 1. The Morgan fingerprint density at radius 2 is 1.23 bits per heavy atom. The third-order valence-electron chi connectivity index (χ3n) is 7.41. The van der Waals surface area contributed by atoms with Crippen molar-refractivity contribution in [1.29, 1.82) is 0 Å². The number of rotatable bonds is 6. The summed E-state index contributed by atoms with van der Waals surface area (Å²) in [6, 6.07) is 41.7. The Morgan fingerprint density at radius 3 is 1.75 bits per heavy atom. The van der Waals surface area contributed by atoms with Gasteiger partial charge < -0.3 is 9.55 Å². The molecule has 0 aliphatic carbocycles. The summed E-state index contributed by atoms with van der Waals surface area (Å²) in [5, 5.41) is 0. The SMILES string of the molecule is Cc1cc(C)cc(-c2cn(-c3c(C(C)C)cccc3C(C)C)c(-c3[c-]cccc3)n2)c1.[Ir].[c-]1ccccc1-c1ccccn1. The van der Waals surface area contributed by atoms with Gasteiger partial charge in [-0.1, -0.05) is 75.2 Å². The predicted octanol–water partition coefficient (Wildman–Crippen LogP) is 10.4. The van der Waals surface area contributed by atoms with E-state index in [1.54, 1.807) is 6.20 Å². The Kier molecular flexibility index (Phi) is 11.2. The summed E-state index contributed by atoms with van der Waals surface area (Å²) in [5.74, 6) is 1.76. The van der Waals surface area contributed by atoms with Crippen LogP contribution >= 0.6 is 0 Å². The first-order valence-corrected chi connectivity index (χ1v) is 15.0. The van der Waals surface area contributed by atoms with E-state index in [1.807, 2.05) is 54.6 Å². The van der Waals surface area contributed by atoms with Crippen LogP contribution in [0, 0.1) is 26.0 Å². The third kappa shape index (κ3) is 7.69. The normalized spacial score (nSPS) is 10.7. The van der Waals surface area contributed by atoms with Crippen LogP contribution in [0.2, 0.25) is 0 Å². The fraction of sp³-hybridized carbons (Fsp3) is 0.200. The Labute approximate surface area is 276 Å². The zero-order chi connectivity index (χ0) is 30.3. The molecule has 4 heteroatoms. The number of imidazole rings is 1. The minimum atomic E-state index is 0. The topological polar surface area (TPSA) is 30.7 Å². The van der Waals surface area contributed by atoms with Gasteiger partial charge in [-0.2, -0.15) is 0 Å². The Morgan fingerprint density at radius 1 is 0.636 bits per heavy atom. The fourth-order valence-corrected chi connectivity index (χ4v) is 5.40. The van der Waals surface area contributed by atoms with E-state index < -0.39 is 0 Å². The number of nitrogens with zero attached hydrogens (tertiary/aromatic N) is 3. The maximum atomic E-state index is 5.14. The molecule has 6 rings (SSSR count). The summed E-state index contributed by atoms with van der Waals surface area (Å²) in [5.41, 5.74) is 11.6. The maximum Gasteiger partial charge on any atom is 0.0772 e. The first-order valence-electron chi connectivity index (χ1n) is 15.0. The van der Waals surface area contributed by atoms with Gasteiger partial charge in [-0.3, -0.25) is 4.98 Å². The van der Waals surface area contributed by atoms with Gasteiger partial charge in [0.2, 0.25) is 0 Å². The van der Waals surface area contributed by atoms with Gasteiger partial charge in [0.05, 0.1) is 11.5 Å². The molecule has 2 aromatic heterocycles. The van der Waals surface area contributed by atoms with Crippen LogP contribution in [-0.4, -0.2) is 14.5 Å². The molecule has 0 aliphatic heterocycles. The van der Waals surface area contributed by atoms with E-state index in [2.05, 4.69) is 118 Å². The van der Waals surface area contributed by atoms with Gasteiger partial charge in [0.15, 0.2) is 0 Å². The van der Waals surface area contributed by atoms with Crippen molar-refractivity contribution in [3.63, 3.8) is 0 Å². The smallest absolute Gasteiger partial charge is 0.0772 e. The molecule has 3 nitrogen and oxygen atoms in total. The molecule has 0 saturated heterocycles. The molecule has 0 aliphatic rings. The van der Waals surface area contributed by atoms with Gasteiger partial charge in [0, 0.05) is 43.7 Å². The van der Waals surface area contributed by atoms with Crippen LogP contribution in [0.15, 0.2) is 116 Å². The monoisotopic (exact) mass is 754 g/mol. The van der Waals surface area contributed by atoms with Crippen LogP contribution in [0.4, 0.5) is 0 Å². The molecule has 4 aromatic carbocycles. The zero-order valence-corrected chi connectivity index (χ0v) is 28.7. The zero-order valence-electron chi connectivity index (χ0n) is 26.3. The maximum absolute atomic E-state index is 5.14. The summed E-state index contributed by atoms with van der Waals surface area (Å²) >= 11 is 0. The van der Waals surface area contributed by atoms with Gasteiger partial charge in [0.25, 0.3) is 0 Å². The van der Waals surface area contributed by atoms with E-state index >= 15 is 0 Å². The largest absolute Gasteiger partial charge is 0.339 e. The molecule has 0 amide bonds. The van der Waals surface area contributed by atoms with Crippen LogP contribution in [-0.2, 0) is 20.1 Å². The second-order valence-electron chi connectivity index (χ2n) is 11.6. The van der Waals surface area contributed by atoms with Crippen molar-refractivity contribution in [2.45, 2.75) is 53.4 Å². The van der Waals surface area contributed by atoms with E-state index in [4.69, 9.17) is 4.98 Å². The standard InChI is InChI=1S/C29H31N2.C11H8N.Ir/c1-19(2)25-13-10-14-26(20(3)4)28(25)31-18-27(24-16-21(5)15-22(6)17-24)30-29(31)23-11-8-7-9-12-23;1-2-6-10(7-3-1)11-8-4-5-9-12-11;/h7-11,13-20H,1-6H3;1-6,8-9H;/q2*-1;. The van der Waals surface area contributed by atoms with Crippen LogP contribution in [0.25, 0.3) is 39.6 Å². The van der Waals surface area contributed by atoms with Crippen LogP contribution in [0.3, 0.4) is 0 Å². The van der Waals surface area contributed by atoms with Crippen molar-refractivity contribution in [2.24, 2.45) is 0 Å². The Bertz CT molecular complexity index is 1690. The van der Waals surface area contributed by atoms with Gasteiger partial charge in [-0.15, -0.1) is 71.8 Å². The molecule has 2 heterocycles. The van der Waals surface area contributed by atoms with Gasteiger partial charge in [-0.05, 0) is 60.7 Å². The third-order valence-corrected chi connectivity index (χ3v) is 7.41. The average molecular weight is 754 g/mol. The van der Waals surface area contributed by atoms with E-state index in [1.165, 1.54) is 27.9 Å². The minimum absolute atomic E-state index is 0. The van der Waals surface area contributed by atoms with E-state index in [0.717, 1.165) is 33.9 Å². The molecule has 6 aromatic rings. The van der Waals surface area contributed by atoms with E-state index in [-0.39, 0.29) is 20.1 Å². The van der Waals surface area contributed by atoms with Crippen LogP contribution in [0.5, 0.6) is 0 Å². The number of para-hydroxylation sites is 1. The molecule has 0 unspecified atom stereocenters. The summed E-state index contributed by atoms with van der Waals surface area (Å²) < 4.78 is 2.30. The van der Waals surface area contributed by atoms with Crippen molar-refractivity contribution in [2.75, 3.05) is 0 Å². The number of hydrogen-bond donors (Lipinski definition) is 0. The second-order valence-corrected chi connectivity index (χ2v) is 11.6. The molecule has 225 valence electrons. The van der Waals surface area contributed by atoms with E-state index in [9.17, 15) is 0 Å². The molecule has 0 atom stereocenters. The van der Waals surface area contributed by atoms with Crippen LogP contribution in [0.1, 0.15) is 61.8 Å². The fourth-order valence-electron chi connectivity index (χ4n) is 5.40. The Hall–Kier alpha value is -4.11. The molecule has 1 radical (unpaired) electrons. The van der Waals surface area contributed by atoms with Crippen molar-refractivity contribution in [3.8, 4) is 39.6 Å². The molecule has 0 bridgehead atoms. The quantitative estimate of drug-likeness (QED) is 0.159. The molecule has 44 heavy (non-hydrogen) atoms. The summed E-state index contributed by atoms with van der Waals surface area (Å²) in [4.78, 5) is 9.36.